The molecular formula is C18H17FN2O3. The number of amides is 1. The zero-order valence-corrected chi connectivity index (χ0v) is 13.2. The van der Waals surface area contributed by atoms with E-state index in [1.54, 1.807) is 13.0 Å². The van der Waals surface area contributed by atoms with Crippen molar-refractivity contribution < 1.29 is 18.7 Å². The minimum absolute atomic E-state index is 0.0484. The second-order valence-corrected chi connectivity index (χ2v) is 5.33. The van der Waals surface area contributed by atoms with Gasteiger partial charge in [-0.05, 0) is 37.3 Å². The van der Waals surface area contributed by atoms with Gasteiger partial charge >= 0.3 is 0 Å². The van der Waals surface area contributed by atoms with Gasteiger partial charge in [-0.25, -0.2) is 9.82 Å². The lowest BCUT2D eigenvalue weighted by atomic mass is 10.1. The number of hydrogen-bond acceptors (Lipinski definition) is 4. The third kappa shape index (κ3) is 3.53. The van der Waals surface area contributed by atoms with Gasteiger partial charge in [0.05, 0.1) is 24.5 Å². The summed E-state index contributed by atoms with van der Waals surface area (Å²) in [5.41, 5.74) is 3.68. The number of carbonyl (C=O) groups is 1. The molecule has 1 amide bonds. The van der Waals surface area contributed by atoms with Gasteiger partial charge in [0.1, 0.15) is 5.82 Å². The molecule has 0 bridgehead atoms. The van der Waals surface area contributed by atoms with Crippen LogP contribution in [-0.4, -0.2) is 24.8 Å². The number of hydrazone groups is 1. The van der Waals surface area contributed by atoms with E-state index in [2.05, 4.69) is 10.5 Å². The number of carbonyl (C=O) groups excluding carboxylic acids is 1. The number of nitrogens with zero attached hydrogens (tertiary/aromatic N) is 1. The van der Waals surface area contributed by atoms with E-state index in [9.17, 15) is 9.18 Å². The summed E-state index contributed by atoms with van der Waals surface area (Å²) in [5.74, 6) is 0.166. The van der Waals surface area contributed by atoms with Crippen molar-refractivity contribution in [3.05, 3.63) is 59.4 Å². The number of halogens is 1. The highest BCUT2D eigenvalue weighted by molar-refractivity contribution is 6.01. The van der Waals surface area contributed by atoms with E-state index in [4.69, 9.17) is 9.47 Å². The standard InChI is InChI=1S/C18H17FN2O3/c1-12(20-21-18(22)14-5-2-3-6-15(14)19)13-7-8-16-17(11-13)24-10-4-9-23-16/h2-3,5-8,11H,4,9-10H2,1H3,(H,21,22)/b20-12-. The largest absolute Gasteiger partial charge is 0.490 e. The third-order valence-corrected chi connectivity index (χ3v) is 3.61. The highest BCUT2D eigenvalue weighted by Gasteiger charge is 2.13. The van der Waals surface area contributed by atoms with Crippen molar-refractivity contribution in [2.45, 2.75) is 13.3 Å². The summed E-state index contributed by atoms with van der Waals surface area (Å²) in [5, 5.41) is 4.04. The van der Waals surface area contributed by atoms with E-state index in [1.807, 2.05) is 18.2 Å². The summed E-state index contributed by atoms with van der Waals surface area (Å²) in [6.07, 6.45) is 0.829. The number of benzene rings is 2. The number of ether oxygens (including phenoxy) is 2. The van der Waals surface area contributed by atoms with Gasteiger partial charge in [-0.3, -0.25) is 4.79 Å². The van der Waals surface area contributed by atoms with Crippen molar-refractivity contribution >= 4 is 11.6 Å². The second kappa shape index (κ2) is 7.12. The molecule has 0 fully saturated rings. The molecule has 0 aromatic heterocycles. The Kier molecular flexibility index (Phi) is 4.74. The lowest BCUT2D eigenvalue weighted by Gasteiger charge is -2.09. The molecule has 0 aliphatic carbocycles. The topological polar surface area (TPSA) is 59.9 Å². The lowest BCUT2D eigenvalue weighted by molar-refractivity contribution is 0.0951. The first-order valence-electron chi connectivity index (χ1n) is 7.64. The molecule has 1 heterocycles. The molecule has 1 aliphatic heterocycles. The molecular weight excluding hydrogens is 311 g/mol. The summed E-state index contributed by atoms with van der Waals surface area (Å²) in [4.78, 5) is 12.0. The Hall–Kier alpha value is -2.89. The Morgan fingerprint density at radius 3 is 2.67 bits per heavy atom. The molecule has 0 spiro atoms. The maximum absolute atomic E-state index is 13.6. The van der Waals surface area contributed by atoms with Crippen LogP contribution in [0.3, 0.4) is 0 Å². The number of fused-ring (bicyclic) bond motifs is 1. The summed E-state index contributed by atoms with van der Waals surface area (Å²) < 4.78 is 24.8. The molecule has 0 radical (unpaired) electrons. The second-order valence-electron chi connectivity index (χ2n) is 5.33. The molecule has 0 unspecified atom stereocenters. The van der Waals surface area contributed by atoms with Gasteiger partial charge in [0.15, 0.2) is 11.5 Å². The Labute approximate surface area is 139 Å². The fourth-order valence-corrected chi connectivity index (χ4v) is 2.29. The monoisotopic (exact) mass is 328 g/mol. The first-order valence-corrected chi connectivity index (χ1v) is 7.64. The fourth-order valence-electron chi connectivity index (χ4n) is 2.29. The van der Waals surface area contributed by atoms with Crippen molar-refractivity contribution in [1.82, 2.24) is 5.43 Å². The zero-order chi connectivity index (χ0) is 16.9. The molecule has 124 valence electrons. The Morgan fingerprint density at radius 1 is 1.12 bits per heavy atom. The van der Waals surface area contributed by atoms with E-state index in [-0.39, 0.29) is 5.56 Å². The van der Waals surface area contributed by atoms with Crippen LogP contribution in [0.4, 0.5) is 4.39 Å². The van der Waals surface area contributed by atoms with Gasteiger partial charge in [-0.2, -0.15) is 5.10 Å². The molecule has 3 rings (SSSR count). The Morgan fingerprint density at radius 2 is 1.88 bits per heavy atom. The summed E-state index contributed by atoms with van der Waals surface area (Å²) in [6, 6.07) is 11.2. The molecule has 24 heavy (non-hydrogen) atoms. The van der Waals surface area contributed by atoms with Gasteiger partial charge in [0.25, 0.3) is 5.91 Å². The molecule has 1 N–H and O–H groups in total. The van der Waals surface area contributed by atoms with Crippen LogP contribution in [0, 0.1) is 5.82 Å². The number of hydrogen-bond donors (Lipinski definition) is 1. The average Bonchev–Trinajstić information content (AvgIpc) is 2.84. The molecule has 2 aromatic rings. The van der Waals surface area contributed by atoms with Gasteiger partial charge in [-0.1, -0.05) is 12.1 Å². The maximum atomic E-state index is 13.6. The highest BCUT2D eigenvalue weighted by Crippen LogP contribution is 2.30. The van der Waals surface area contributed by atoms with Crippen LogP contribution in [-0.2, 0) is 0 Å². The van der Waals surface area contributed by atoms with Gasteiger partial charge < -0.3 is 9.47 Å². The van der Waals surface area contributed by atoms with Crippen molar-refractivity contribution in [2.24, 2.45) is 5.10 Å². The first-order chi connectivity index (χ1) is 11.6. The highest BCUT2D eigenvalue weighted by atomic mass is 19.1. The van der Waals surface area contributed by atoms with Crippen LogP contribution in [0.5, 0.6) is 11.5 Å². The average molecular weight is 328 g/mol. The molecule has 6 heteroatoms. The van der Waals surface area contributed by atoms with E-state index in [0.717, 1.165) is 12.0 Å². The van der Waals surface area contributed by atoms with Gasteiger partial charge in [0.2, 0.25) is 0 Å². The number of nitrogens with one attached hydrogen (secondary N) is 1. The van der Waals surface area contributed by atoms with E-state index < -0.39 is 11.7 Å². The van der Waals surface area contributed by atoms with Gasteiger partial charge in [0, 0.05) is 12.0 Å². The summed E-state index contributed by atoms with van der Waals surface area (Å²) in [6.45, 7) is 2.97. The lowest BCUT2D eigenvalue weighted by Crippen LogP contribution is -2.20. The van der Waals surface area contributed by atoms with Crippen LogP contribution < -0.4 is 14.9 Å². The first kappa shape index (κ1) is 16.0. The molecule has 0 atom stereocenters. The minimum atomic E-state index is -0.596. The van der Waals surface area contributed by atoms with Crippen LogP contribution in [0.25, 0.3) is 0 Å². The van der Waals surface area contributed by atoms with Gasteiger partial charge in [-0.15, -0.1) is 0 Å². The molecule has 0 saturated carbocycles. The summed E-state index contributed by atoms with van der Waals surface area (Å²) in [7, 11) is 0. The van der Waals surface area contributed by atoms with Crippen molar-refractivity contribution in [2.75, 3.05) is 13.2 Å². The molecule has 1 aliphatic rings. The minimum Gasteiger partial charge on any atom is -0.490 e. The fraction of sp³-hybridized carbons (Fsp3) is 0.222. The van der Waals surface area contributed by atoms with Crippen LogP contribution >= 0.6 is 0 Å². The van der Waals surface area contributed by atoms with E-state index >= 15 is 0 Å². The molecule has 5 nitrogen and oxygen atoms in total. The van der Waals surface area contributed by atoms with Crippen molar-refractivity contribution in [3.63, 3.8) is 0 Å². The quantitative estimate of drug-likeness (QED) is 0.695. The molecule has 2 aromatic carbocycles. The molecule has 0 saturated heterocycles. The zero-order valence-electron chi connectivity index (χ0n) is 13.2. The van der Waals surface area contributed by atoms with Crippen molar-refractivity contribution in [1.29, 1.82) is 0 Å². The predicted molar refractivity (Wildman–Crippen MR) is 88.1 cm³/mol. The SMILES string of the molecule is C/C(=N/NC(=O)c1ccccc1F)c1ccc2c(c1)OCCCO2. The normalized spacial score (nSPS) is 14.0. The Balaban J connectivity index is 1.75. The third-order valence-electron chi connectivity index (χ3n) is 3.61. The summed E-state index contributed by atoms with van der Waals surface area (Å²) >= 11 is 0. The Bertz CT molecular complexity index is 790. The van der Waals surface area contributed by atoms with Crippen molar-refractivity contribution in [3.8, 4) is 11.5 Å². The van der Waals surface area contributed by atoms with E-state index in [0.29, 0.717) is 30.4 Å². The van der Waals surface area contributed by atoms with Crippen LogP contribution in [0.15, 0.2) is 47.6 Å². The predicted octanol–water partition coefficient (Wildman–Crippen LogP) is 3.14. The number of rotatable bonds is 3. The van der Waals surface area contributed by atoms with E-state index in [1.165, 1.54) is 18.2 Å². The maximum Gasteiger partial charge on any atom is 0.274 e. The van der Waals surface area contributed by atoms with Crippen LogP contribution in [0.1, 0.15) is 29.3 Å². The smallest absolute Gasteiger partial charge is 0.274 e. The van der Waals surface area contributed by atoms with Crippen LogP contribution in [0.2, 0.25) is 0 Å².